The highest BCUT2D eigenvalue weighted by Crippen LogP contribution is 2.52. The quantitative estimate of drug-likeness (QED) is 0.497. The topological polar surface area (TPSA) is 106 Å². The van der Waals surface area contributed by atoms with Crippen molar-refractivity contribution in [1.29, 1.82) is 0 Å². The first-order valence-corrected chi connectivity index (χ1v) is 11.9. The third kappa shape index (κ3) is 4.92. The molecule has 0 saturated heterocycles. The molecule has 3 aromatic rings. The average molecular weight is 476 g/mol. The standard InChI is InChI=1S/C27H29N3O5/c1-26(2,3)34-25(33)30(21-15-20(21)17-7-5-4-6-8-17)16-27(13-14-27)24-28-22(35-29-24)18-9-11-19(12-10-18)23(31)32/h4-12,20-21H,13-16H2,1-3H3,(H,31,32)/t20-,21+/m1/s1. The molecule has 0 unspecified atom stereocenters. The zero-order valence-electron chi connectivity index (χ0n) is 20.1. The molecule has 1 N–H and O–H groups in total. The molecule has 2 atom stereocenters. The summed E-state index contributed by atoms with van der Waals surface area (Å²) in [6.07, 6.45) is 2.28. The van der Waals surface area contributed by atoms with Gasteiger partial charge in [-0.2, -0.15) is 4.98 Å². The van der Waals surface area contributed by atoms with Crippen LogP contribution in [0.1, 0.15) is 67.7 Å². The largest absolute Gasteiger partial charge is 0.478 e. The first-order chi connectivity index (χ1) is 16.7. The number of amides is 1. The zero-order chi connectivity index (χ0) is 24.8. The normalized spacial score (nSPS) is 20.2. The van der Waals surface area contributed by atoms with Crippen LogP contribution in [0.4, 0.5) is 4.79 Å². The van der Waals surface area contributed by atoms with Crippen molar-refractivity contribution in [2.75, 3.05) is 6.54 Å². The van der Waals surface area contributed by atoms with Crippen LogP contribution < -0.4 is 0 Å². The summed E-state index contributed by atoms with van der Waals surface area (Å²) < 4.78 is 11.3. The summed E-state index contributed by atoms with van der Waals surface area (Å²) in [6.45, 7) is 6.09. The lowest BCUT2D eigenvalue weighted by atomic mass is 10.1. The van der Waals surface area contributed by atoms with Crippen molar-refractivity contribution in [3.05, 3.63) is 71.5 Å². The summed E-state index contributed by atoms with van der Waals surface area (Å²) in [5.41, 5.74) is 1.11. The molecule has 8 heteroatoms. The number of carbonyl (C=O) groups excluding carboxylic acids is 1. The van der Waals surface area contributed by atoms with E-state index in [1.807, 2.05) is 43.9 Å². The van der Waals surface area contributed by atoms with Crippen LogP contribution >= 0.6 is 0 Å². The van der Waals surface area contributed by atoms with Crippen LogP contribution in [-0.2, 0) is 10.2 Å². The smallest absolute Gasteiger partial charge is 0.410 e. The fourth-order valence-electron chi connectivity index (χ4n) is 4.46. The molecule has 5 rings (SSSR count). The van der Waals surface area contributed by atoms with E-state index in [0.29, 0.717) is 23.8 Å². The minimum Gasteiger partial charge on any atom is -0.478 e. The maximum absolute atomic E-state index is 13.3. The number of carboxylic acids is 1. The first-order valence-electron chi connectivity index (χ1n) is 11.9. The van der Waals surface area contributed by atoms with Crippen molar-refractivity contribution >= 4 is 12.1 Å². The molecule has 0 spiro atoms. The number of aromatic carboxylic acids is 1. The van der Waals surface area contributed by atoms with Crippen molar-refractivity contribution in [2.45, 2.75) is 63.0 Å². The second-order valence-electron chi connectivity index (χ2n) is 10.5. The molecule has 0 aliphatic heterocycles. The van der Waals surface area contributed by atoms with Gasteiger partial charge in [-0.25, -0.2) is 9.59 Å². The number of nitrogens with zero attached hydrogens (tertiary/aromatic N) is 3. The second-order valence-corrected chi connectivity index (χ2v) is 10.5. The summed E-state index contributed by atoms with van der Waals surface area (Å²) in [5, 5.41) is 13.4. The molecular formula is C27H29N3O5. The van der Waals surface area contributed by atoms with Gasteiger partial charge in [0.05, 0.1) is 11.0 Å². The molecular weight excluding hydrogens is 446 g/mol. The van der Waals surface area contributed by atoms with Crippen LogP contribution in [0.5, 0.6) is 0 Å². The minimum atomic E-state index is -0.990. The summed E-state index contributed by atoms with van der Waals surface area (Å²) in [7, 11) is 0. The molecule has 1 heterocycles. The molecule has 35 heavy (non-hydrogen) atoms. The molecule has 2 saturated carbocycles. The molecule has 2 fully saturated rings. The Labute approximate surface area is 203 Å². The Kier molecular flexibility index (Phi) is 5.62. The van der Waals surface area contributed by atoms with E-state index in [2.05, 4.69) is 22.3 Å². The van der Waals surface area contributed by atoms with E-state index in [9.17, 15) is 9.59 Å². The molecule has 2 aliphatic rings. The van der Waals surface area contributed by atoms with E-state index in [-0.39, 0.29) is 29.0 Å². The maximum Gasteiger partial charge on any atom is 0.410 e. The van der Waals surface area contributed by atoms with E-state index in [1.54, 1.807) is 12.1 Å². The van der Waals surface area contributed by atoms with Crippen LogP contribution in [0.15, 0.2) is 59.1 Å². The molecule has 2 aromatic carbocycles. The van der Waals surface area contributed by atoms with Crippen molar-refractivity contribution < 1.29 is 24.0 Å². The molecule has 8 nitrogen and oxygen atoms in total. The lowest BCUT2D eigenvalue weighted by Gasteiger charge is -2.30. The third-order valence-electron chi connectivity index (χ3n) is 6.62. The van der Waals surface area contributed by atoms with Crippen molar-refractivity contribution in [3.8, 4) is 11.5 Å². The van der Waals surface area contributed by atoms with E-state index < -0.39 is 11.6 Å². The van der Waals surface area contributed by atoms with E-state index in [4.69, 9.17) is 14.4 Å². The Morgan fingerprint density at radius 3 is 2.40 bits per heavy atom. The molecule has 182 valence electrons. The van der Waals surface area contributed by atoms with Gasteiger partial charge in [-0.15, -0.1) is 0 Å². The number of aromatic nitrogens is 2. The average Bonchev–Trinajstić information content (AvgIpc) is 3.73. The maximum atomic E-state index is 13.3. The second kappa shape index (κ2) is 8.52. The molecule has 0 radical (unpaired) electrons. The van der Waals surface area contributed by atoms with Gasteiger partial charge >= 0.3 is 12.1 Å². The van der Waals surface area contributed by atoms with Gasteiger partial charge in [0.2, 0.25) is 0 Å². The molecule has 1 aromatic heterocycles. The number of rotatable bonds is 7. The zero-order valence-corrected chi connectivity index (χ0v) is 20.1. The number of carbonyl (C=O) groups is 2. The summed E-state index contributed by atoms with van der Waals surface area (Å²) in [6, 6.07) is 16.6. The minimum absolute atomic E-state index is 0.0691. The Balaban J connectivity index is 1.36. The number of hydrogen-bond acceptors (Lipinski definition) is 6. The van der Waals surface area contributed by atoms with Gasteiger partial charge in [-0.1, -0.05) is 35.5 Å². The van der Waals surface area contributed by atoms with Crippen LogP contribution in [0, 0.1) is 0 Å². The van der Waals surface area contributed by atoms with Gasteiger partial charge in [0.25, 0.3) is 5.89 Å². The Bertz CT molecular complexity index is 1230. The van der Waals surface area contributed by atoms with E-state index in [1.165, 1.54) is 17.7 Å². The van der Waals surface area contributed by atoms with Crippen LogP contribution in [0.25, 0.3) is 11.5 Å². The Morgan fingerprint density at radius 2 is 1.80 bits per heavy atom. The molecule has 2 aliphatic carbocycles. The first kappa shape index (κ1) is 23.1. The highest BCUT2D eigenvalue weighted by molar-refractivity contribution is 5.88. The summed E-state index contributed by atoms with van der Waals surface area (Å²) >= 11 is 0. The fourth-order valence-corrected chi connectivity index (χ4v) is 4.46. The monoisotopic (exact) mass is 475 g/mol. The van der Waals surface area contributed by atoms with Crippen molar-refractivity contribution in [3.63, 3.8) is 0 Å². The van der Waals surface area contributed by atoms with Gasteiger partial charge in [0.1, 0.15) is 5.60 Å². The van der Waals surface area contributed by atoms with E-state index in [0.717, 1.165) is 19.3 Å². The van der Waals surface area contributed by atoms with Gasteiger partial charge in [-0.3, -0.25) is 0 Å². The Morgan fingerprint density at radius 1 is 1.11 bits per heavy atom. The van der Waals surface area contributed by atoms with Gasteiger partial charge in [0, 0.05) is 24.1 Å². The SMILES string of the molecule is CC(C)(C)OC(=O)N(CC1(c2noc(-c3ccc(C(=O)O)cc3)n2)CC1)[C@H]1C[C@@H]1c1ccccc1. The van der Waals surface area contributed by atoms with Crippen LogP contribution in [0.3, 0.4) is 0 Å². The lowest BCUT2D eigenvalue weighted by molar-refractivity contribution is 0.0208. The van der Waals surface area contributed by atoms with Crippen molar-refractivity contribution in [2.24, 2.45) is 0 Å². The predicted octanol–water partition coefficient (Wildman–Crippen LogP) is 5.26. The Hall–Kier alpha value is -3.68. The van der Waals surface area contributed by atoms with Gasteiger partial charge in [-0.05, 0) is 69.9 Å². The fraction of sp³-hybridized carbons (Fsp3) is 0.407. The highest BCUT2D eigenvalue weighted by Gasteiger charge is 2.55. The third-order valence-corrected chi connectivity index (χ3v) is 6.62. The number of carboxylic acid groups (broad SMARTS) is 1. The van der Waals surface area contributed by atoms with Gasteiger partial charge in [0.15, 0.2) is 5.82 Å². The predicted molar refractivity (Wildman–Crippen MR) is 128 cm³/mol. The molecule has 1 amide bonds. The van der Waals surface area contributed by atoms with Crippen LogP contribution in [-0.4, -0.2) is 50.4 Å². The number of hydrogen-bond donors (Lipinski definition) is 1. The van der Waals surface area contributed by atoms with E-state index >= 15 is 0 Å². The number of ether oxygens (including phenoxy) is 1. The van der Waals surface area contributed by atoms with Crippen molar-refractivity contribution in [1.82, 2.24) is 15.0 Å². The number of benzene rings is 2. The summed E-state index contributed by atoms with van der Waals surface area (Å²) in [4.78, 5) is 30.9. The molecule has 0 bridgehead atoms. The summed E-state index contributed by atoms with van der Waals surface area (Å²) in [5.74, 6) is 0.199. The highest BCUT2D eigenvalue weighted by atomic mass is 16.6. The van der Waals surface area contributed by atoms with Gasteiger partial charge < -0.3 is 19.3 Å². The lowest BCUT2D eigenvalue weighted by Crippen LogP contribution is -2.43. The van der Waals surface area contributed by atoms with Crippen LogP contribution in [0.2, 0.25) is 0 Å².